The fraction of sp³-hybridized carbons (Fsp3) is 0.533. The molecule has 0 amide bonds. The van der Waals surface area contributed by atoms with Gasteiger partial charge in [-0.1, -0.05) is 0 Å². The minimum atomic E-state index is 0.980. The van der Waals surface area contributed by atoms with E-state index in [-0.39, 0.29) is 0 Å². The minimum absolute atomic E-state index is 0.980. The van der Waals surface area contributed by atoms with E-state index < -0.39 is 0 Å². The SMILES string of the molecule is c1cc(N2CCCC2)ccc1NC1=NCCCC1. The molecule has 3 rings (SSSR count). The van der Waals surface area contributed by atoms with Crippen molar-refractivity contribution in [3.05, 3.63) is 24.3 Å². The Morgan fingerprint density at radius 2 is 1.72 bits per heavy atom. The molecule has 3 nitrogen and oxygen atoms in total. The quantitative estimate of drug-likeness (QED) is 0.863. The highest BCUT2D eigenvalue weighted by molar-refractivity contribution is 5.95. The fourth-order valence-electron chi connectivity index (χ4n) is 2.70. The summed E-state index contributed by atoms with van der Waals surface area (Å²) in [5.74, 6) is 1.15. The molecule has 1 N–H and O–H groups in total. The third kappa shape index (κ3) is 2.66. The molecule has 0 radical (unpaired) electrons. The first-order valence-corrected chi connectivity index (χ1v) is 7.07. The molecular formula is C15H21N3. The smallest absolute Gasteiger partial charge is 0.101 e. The van der Waals surface area contributed by atoms with Gasteiger partial charge < -0.3 is 10.2 Å². The van der Waals surface area contributed by atoms with Crippen LogP contribution in [0.5, 0.6) is 0 Å². The summed E-state index contributed by atoms with van der Waals surface area (Å²) >= 11 is 0. The summed E-state index contributed by atoms with van der Waals surface area (Å²) in [7, 11) is 0. The number of hydrogen-bond acceptors (Lipinski definition) is 3. The third-order valence-corrected chi connectivity index (χ3v) is 3.75. The lowest BCUT2D eigenvalue weighted by Gasteiger charge is -2.18. The van der Waals surface area contributed by atoms with Crippen LogP contribution in [-0.4, -0.2) is 25.5 Å². The van der Waals surface area contributed by atoms with Crippen LogP contribution in [0.2, 0.25) is 0 Å². The molecule has 1 aromatic rings. The van der Waals surface area contributed by atoms with E-state index >= 15 is 0 Å². The molecule has 1 saturated heterocycles. The first-order chi connectivity index (χ1) is 8.92. The van der Waals surface area contributed by atoms with Gasteiger partial charge >= 0.3 is 0 Å². The maximum absolute atomic E-state index is 4.52. The first kappa shape index (κ1) is 11.6. The van der Waals surface area contributed by atoms with Crippen LogP contribution in [0, 0.1) is 0 Å². The van der Waals surface area contributed by atoms with Gasteiger partial charge in [0.15, 0.2) is 0 Å². The maximum atomic E-state index is 4.52. The van der Waals surface area contributed by atoms with E-state index in [0.29, 0.717) is 0 Å². The van der Waals surface area contributed by atoms with E-state index in [2.05, 4.69) is 39.5 Å². The second kappa shape index (κ2) is 5.42. The third-order valence-electron chi connectivity index (χ3n) is 3.75. The molecule has 0 unspecified atom stereocenters. The predicted octanol–water partition coefficient (Wildman–Crippen LogP) is 3.28. The molecule has 0 aliphatic carbocycles. The van der Waals surface area contributed by atoms with Crippen LogP contribution in [0.15, 0.2) is 29.3 Å². The van der Waals surface area contributed by atoms with Gasteiger partial charge in [0.25, 0.3) is 0 Å². The van der Waals surface area contributed by atoms with E-state index in [1.54, 1.807) is 0 Å². The second-order valence-electron chi connectivity index (χ2n) is 5.15. The monoisotopic (exact) mass is 243 g/mol. The summed E-state index contributed by atoms with van der Waals surface area (Å²) in [6, 6.07) is 8.78. The van der Waals surface area contributed by atoms with Gasteiger partial charge in [0, 0.05) is 37.4 Å². The van der Waals surface area contributed by atoms with Crippen LogP contribution in [0.4, 0.5) is 11.4 Å². The molecule has 0 bridgehead atoms. The summed E-state index contributed by atoms with van der Waals surface area (Å²) < 4.78 is 0. The van der Waals surface area contributed by atoms with Crippen molar-refractivity contribution in [3.63, 3.8) is 0 Å². The summed E-state index contributed by atoms with van der Waals surface area (Å²) in [5, 5.41) is 3.43. The Kier molecular flexibility index (Phi) is 3.49. The molecule has 2 heterocycles. The number of benzene rings is 1. The molecule has 1 aromatic carbocycles. The van der Waals surface area contributed by atoms with Crippen molar-refractivity contribution in [1.82, 2.24) is 0 Å². The summed E-state index contributed by atoms with van der Waals surface area (Å²) in [5.41, 5.74) is 2.52. The van der Waals surface area contributed by atoms with Gasteiger partial charge in [-0.25, -0.2) is 0 Å². The molecule has 2 aliphatic heterocycles. The van der Waals surface area contributed by atoms with E-state index in [0.717, 1.165) is 18.8 Å². The lowest BCUT2D eigenvalue weighted by atomic mass is 10.1. The standard InChI is InChI=1S/C15H21N3/c1-2-10-16-15(5-1)17-13-6-8-14(9-7-13)18-11-3-4-12-18/h6-9H,1-5,10-12H2,(H,16,17). The number of aliphatic imine (C=N–C) groups is 1. The van der Waals surface area contributed by atoms with Crippen molar-refractivity contribution in [1.29, 1.82) is 0 Å². The second-order valence-corrected chi connectivity index (χ2v) is 5.15. The number of nitrogens with one attached hydrogen (secondary N) is 1. The van der Waals surface area contributed by atoms with Crippen molar-refractivity contribution in [2.75, 3.05) is 29.9 Å². The molecule has 2 aliphatic rings. The fourth-order valence-corrected chi connectivity index (χ4v) is 2.70. The number of nitrogens with zero attached hydrogens (tertiary/aromatic N) is 2. The molecule has 1 fully saturated rings. The Bertz CT molecular complexity index is 416. The Morgan fingerprint density at radius 3 is 2.39 bits per heavy atom. The van der Waals surface area contributed by atoms with Crippen molar-refractivity contribution in [2.24, 2.45) is 4.99 Å². The lowest BCUT2D eigenvalue weighted by molar-refractivity contribution is 0.737. The number of hydrogen-bond donors (Lipinski definition) is 1. The van der Waals surface area contributed by atoms with Crippen molar-refractivity contribution in [2.45, 2.75) is 32.1 Å². The van der Waals surface area contributed by atoms with Gasteiger partial charge in [-0.2, -0.15) is 0 Å². The molecular weight excluding hydrogens is 222 g/mol. The van der Waals surface area contributed by atoms with Crippen LogP contribution in [0.3, 0.4) is 0 Å². The molecule has 3 heteroatoms. The Balaban J connectivity index is 1.65. The Labute approximate surface area is 109 Å². The van der Waals surface area contributed by atoms with E-state index in [1.165, 1.54) is 50.1 Å². The number of amidine groups is 1. The van der Waals surface area contributed by atoms with Crippen molar-refractivity contribution >= 4 is 17.2 Å². The molecule has 0 aromatic heterocycles. The highest BCUT2D eigenvalue weighted by Crippen LogP contribution is 2.22. The summed E-state index contributed by atoms with van der Waals surface area (Å²) in [4.78, 5) is 6.98. The average molecular weight is 243 g/mol. The van der Waals surface area contributed by atoms with Gasteiger partial charge in [0.05, 0.1) is 0 Å². The Hall–Kier alpha value is -1.51. The maximum Gasteiger partial charge on any atom is 0.101 e. The van der Waals surface area contributed by atoms with E-state index in [9.17, 15) is 0 Å². The molecule has 18 heavy (non-hydrogen) atoms. The normalized spacial score (nSPS) is 19.8. The van der Waals surface area contributed by atoms with Crippen LogP contribution in [0.1, 0.15) is 32.1 Å². The number of rotatable bonds is 2. The minimum Gasteiger partial charge on any atom is -0.372 e. The lowest BCUT2D eigenvalue weighted by Crippen LogP contribution is -2.18. The van der Waals surface area contributed by atoms with Gasteiger partial charge in [-0.05, 0) is 49.9 Å². The van der Waals surface area contributed by atoms with Crippen LogP contribution in [-0.2, 0) is 0 Å². The van der Waals surface area contributed by atoms with E-state index in [4.69, 9.17) is 0 Å². The van der Waals surface area contributed by atoms with Gasteiger partial charge in [0.1, 0.15) is 5.84 Å². The predicted molar refractivity (Wildman–Crippen MR) is 77.7 cm³/mol. The Morgan fingerprint density at radius 1 is 0.944 bits per heavy atom. The van der Waals surface area contributed by atoms with Crippen LogP contribution in [0.25, 0.3) is 0 Å². The zero-order chi connectivity index (χ0) is 12.2. The topological polar surface area (TPSA) is 27.6 Å². The molecule has 0 saturated carbocycles. The van der Waals surface area contributed by atoms with Crippen LogP contribution >= 0.6 is 0 Å². The highest BCUT2D eigenvalue weighted by atomic mass is 15.1. The summed E-state index contributed by atoms with van der Waals surface area (Å²) in [6.45, 7) is 3.40. The van der Waals surface area contributed by atoms with Gasteiger partial charge in [-0.15, -0.1) is 0 Å². The van der Waals surface area contributed by atoms with Crippen molar-refractivity contribution in [3.8, 4) is 0 Å². The van der Waals surface area contributed by atoms with Crippen molar-refractivity contribution < 1.29 is 0 Å². The van der Waals surface area contributed by atoms with E-state index in [1.807, 2.05) is 0 Å². The zero-order valence-corrected chi connectivity index (χ0v) is 10.9. The number of anilines is 2. The van der Waals surface area contributed by atoms with Gasteiger partial charge in [-0.3, -0.25) is 4.99 Å². The largest absolute Gasteiger partial charge is 0.372 e. The zero-order valence-electron chi connectivity index (χ0n) is 10.9. The van der Waals surface area contributed by atoms with Gasteiger partial charge in [0.2, 0.25) is 0 Å². The molecule has 96 valence electrons. The molecule has 0 atom stereocenters. The highest BCUT2D eigenvalue weighted by Gasteiger charge is 2.12. The molecule has 0 spiro atoms. The first-order valence-electron chi connectivity index (χ1n) is 7.07. The van der Waals surface area contributed by atoms with Crippen LogP contribution < -0.4 is 10.2 Å². The average Bonchev–Trinajstić information content (AvgIpc) is 2.95. The summed E-state index contributed by atoms with van der Waals surface area (Å²) in [6.07, 6.45) is 6.25.